The fourth-order valence-corrected chi connectivity index (χ4v) is 1.84. The standard InChI is InChI=1S/C11H10BrNO3/c12-4-1-5-13-9-3-2-8(7-14)6-10(9)16-11(13)15/h2-3,6-7H,1,4-5H2. The summed E-state index contributed by atoms with van der Waals surface area (Å²) in [6, 6.07) is 4.99. The Hall–Kier alpha value is -1.36. The predicted octanol–water partition coefficient (Wildman–Crippen LogP) is 2.19. The molecule has 0 aliphatic heterocycles. The normalized spacial score (nSPS) is 10.8. The molecule has 0 saturated carbocycles. The van der Waals surface area contributed by atoms with E-state index in [-0.39, 0.29) is 5.76 Å². The van der Waals surface area contributed by atoms with Crippen molar-refractivity contribution < 1.29 is 9.21 Å². The van der Waals surface area contributed by atoms with Gasteiger partial charge in [0.05, 0.1) is 5.52 Å². The lowest BCUT2D eigenvalue weighted by molar-refractivity contribution is 0.112. The number of aldehydes is 1. The van der Waals surface area contributed by atoms with Crippen LogP contribution in [0.2, 0.25) is 0 Å². The Bertz CT molecular complexity index is 570. The van der Waals surface area contributed by atoms with Crippen LogP contribution in [-0.4, -0.2) is 16.2 Å². The molecule has 0 spiro atoms. The van der Waals surface area contributed by atoms with E-state index in [1.807, 2.05) is 0 Å². The zero-order valence-corrected chi connectivity index (χ0v) is 10.1. The van der Waals surface area contributed by atoms with Gasteiger partial charge in [0.15, 0.2) is 5.58 Å². The van der Waals surface area contributed by atoms with Gasteiger partial charge in [0.1, 0.15) is 6.29 Å². The number of rotatable bonds is 4. The van der Waals surface area contributed by atoms with Gasteiger partial charge < -0.3 is 4.42 Å². The van der Waals surface area contributed by atoms with E-state index in [0.717, 1.165) is 23.6 Å². The van der Waals surface area contributed by atoms with Gasteiger partial charge in [-0.15, -0.1) is 0 Å². The first kappa shape index (κ1) is 11.1. The molecular formula is C11H10BrNO3. The molecule has 2 rings (SSSR count). The summed E-state index contributed by atoms with van der Waals surface area (Å²) in [5.41, 5.74) is 1.70. The summed E-state index contributed by atoms with van der Waals surface area (Å²) in [4.78, 5) is 22.1. The van der Waals surface area contributed by atoms with Crippen LogP contribution in [0.25, 0.3) is 11.1 Å². The molecule has 16 heavy (non-hydrogen) atoms. The third kappa shape index (κ3) is 1.95. The molecule has 0 atom stereocenters. The summed E-state index contributed by atoms with van der Waals surface area (Å²) in [6.07, 6.45) is 1.58. The number of oxazole rings is 1. The van der Waals surface area contributed by atoms with E-state index in [9.17, 15) is 9.59 Å². The van der Waals surface area contributed by atoms with E-state index < -0.39 is 0 Å². The van der Waals surface area contributed by atoms with E-state index in [2.05, 4.69) is 15.9 Å². The van der Waals surface area contributed by atoms with Crippen LogP contribution in [0, 0.1) is 0 Å². The maximum Gasteiger partial charge on any atom is 0.419 e. The molecule has 2 aromatic rings. The number of hydrogen-bond donors (Lipinski definition) is 0. The minimum Gasteiger partial charge on any atom is -0.408 e. The van der Waals surface area contributed by atoms with Crippen LogP contribution < -0.4 is 5.76 Å². The largest absolute Gasteiger partial charge is 0.419 e. The second-order valence-corrected chi connectivity index (χ2v) is 4.20. The molecule has 1 aromatic heterocycles. The molecule has 0 aliphatic rings. The molecular weight excluding hydrogens is 274 g/mol. The van der Waals surface area contributed by atoms with Gasteiger partial charge in [0.25, 0.3) is 0 Å². The maximum absolute atomic E-state index is 11.5. The molecule has 0 saturated heterocycles. The minimum atomic E-state index is -0.376. The average Bonchev–Trinajstić information content (AvgIpc) is 2.61. The highest BCUT2D eigenvalue weighted by Crippen LogP contribution is 2.14. The first-order valence-electron chi connectivity index (χ1n) is 4.91. The van der Waals surface area contributed by atoms with Crippen LogP contribution in [0.15, 0.2) is 27.4 Å². The molecule has 0 N–H and O–H groups in total. The lowest BCUT2D eigenvalue weighted by Crippen LogP contribution is -2.14. The van der Waals surface area contributed by atoms with Gasteiger partial charge in [-0.2, -0.15) is 0 Å². The smallest absolute Gasteiger partial charge is 0.408 e. The van der Waals surface area contributed by atoms with Gasteiger partial charge >= 0.3 is 5.76 Å². The predicted molar refractivity (Wildman–Crippen MR) is 64.3 cm³/mol. The van der Waals surface area contributed by atoms with Crippen LogP contribution in [0.3, 0.4) is 0 Å². The van der Waals surface area contributed by atoms with Crippen LogP contribution in [0.5, 0.6) is 0 Å². The summed E-state index contributed by atoms with van der Waals surface area (Å²) >= 11 is 3.31. The molecule has 0 bridgehead atoms. The number of hydrogen-bond acceptors (Lipinski definition) is 3. The van der Waals surface area contributed by atoms with Crippen molar-refractivity contribution in [2.75, 3.05) is 5.33 Å². The Labute approximate surface area is 100.0 Å². The Morgan fingerprint density at radius 2 is 2.25 bits per heavy atom. The van der Waals surface area contributed by atoms with Crippen LogP contribution >= 0.6 is 15.9 Å². The highest BCUT2D eigenvalue weighted by atomic mass is 79.9. The first-order valence-corrected chi connectivity index (χ1v) is 6.03. The number of carbonyl (C=O) groups excluding carboxylic acids is 1. The van der Waals surface area contributed by atoms with Crippen LogP contribution in [-0.2, 0) is 6.54 Å². The SMILES string of the molecule is O=Cc1ccc2c(c1)oc(=O)n2CCCBr. The molecule has 1 aromatic carbocycles. The van der Waals surface area contributed by atoms with Crippen molar-refractivity contribution in [3.05, 3.63) is 34.3 Å². The number of aromatic nitrogens is 1. The second kappa shape index (κ2) is 4.65. The first-order chi connectivity index (χ1) is 7.76. The quantitative estimate of drug-likeness (QED) is 0.638. The van der Waals surface area contributed by atoms with Crippen molar-refractivity contribution in [2.24, 2.45) is 0 Å². The second-order valence-electron chi connectivity index (χ2n) is 3.41. The lowest BCUT2D eigenvalue weighted by atomic mass is 10.2. The van der Waals surface area contributed by atoms with Crippen molar-refractivity contribution in [3.63, 3.8) is 0 Å². The average molecular weight is 284 g/mol. The Balaban J connectivity index is 2.53. The van der Waals surface area contributed by atoms with E-state index >= 15 is 0 Å². The van der Waals surface area contributed by atoms with Crippen molar-refractivity contribution in [3.8, 4) is 0 Å². The highest BCUT2D eigenvalue weighted by molar-refractivity contribution is 9.09. The number of alkyl halides is 1. The molecule has 4 nitrogen and oxygen atoms in total. The minimum absolute atomic E-state index is 0.376. The molecule has 1 heterocycles. The van der Waals surface area contributed by atoms with Crippen LogP contribution in [0.4, 0.5) is 0 Å². The van der Waals surface area contributed by atoms with Crippen molar-refractivity contribution >= 4 is 33.3 Å². The summed E-state index contributed by atoms with van der Waals surface area (Å²) in [7, 11) is 0. The van der Waals surface area contributed by atoms with E-state index in [0.29, 0.717) is 17.7 Å². The zero-order valence-electron chi connectivity index (χ0n) is 8.48. The number of fused-ring (bicyclic) bond motifs is 1. The third-order valence-corrected chi connectivity index (χ3v) is 2.90. The Kier molecular flexibility index (Phi) is 3.24. The number of nitrogens with zero attached hydrogens (tertiary/aromatic N) is 1. The van der Waals surface area contributed by atoms with Crippen molar-refractivity contribution in [2.45, 2.75) is 13.0 Å². The van der Waals surface area contributed by atoms with Gasteiger partial charge in [0, 0.05) is 17.4 Å². The maximum atomic E-state index is 11.5. The van der Waals surface area contributed by atoms with E-state index in [1.54, 1.807) is 22.8 Å². The number of aryl methyl sites for hydroxylation is 1. The van der Waals surface area contributed by atoms with Gasteiger partial charge in [-0.25, -0.2) is 4.79 Å². The monoisotopic (exact) mass is 283 g/mol. The number of carbonyl (C=O) groups is 1. The molecule has 0 fully saturated rings. The van der Waals surface area contributed by atoms with Gasteiger partial charge in [0.2, 0.25) is 0 Å². The van der Waals surface area contributed by atoms with Gasteiger partial charge in [-0.05, 0) is 24.6 Å². The number of halogens is 1. The van der Waals surface area contributed by atoms with Crippen LogP contribution in [0.1, 0.15) is 16.8 Å². The third-order valence-electron chi connectivity index (χ3n) is 2.34. The van der Waals surface area contributed by atoms with Crippen molar-refractivity contribution in [1.29, 1.82) is 0 Å². The lowest BCUT2D eigenvalue weighted by Gasteiger charge is -1.99. The number of benzene rings is 1. The molecule has 0 amide bonds. The molecule has 5 heteroatoms. The molecule has 0 aliphatic carbocycles. The fraction of sp³-hybridized carbons (Fsp3) is 0.273. The van der Waals surface area contributed by atoms with Crippen molar-refractivity contribution in [1.82, 2.24) is 4.57 Å². The zero-order chi connectivity index (χ0) is 11.5. The highest BCUT2D eigenvalue weighted by Gasteiger charge is 2.08. The molecule has 84 valence electrons. The topological polar surface area (TPSA) is 52.2 Å². The van der Waals surface area contributed by atoms with Gasteiger partial charge in [-0.3, -0.25) is 9.36 Å². The Morgan fingerprint density at radius 3 is 2.94 bits per heavy atom. The summed E-state index contributed by atoms with van der Waals surface area (Å²) in [5, 5.41) is 0.832. The molecule has 0 radical (unpaired) electrons. The summed E-state index contributed by atoms with van der Waals surface area (Å²) in [6.45, 7) is 0.609. The van der Waals surface area contributed by atoms with Gasteiger partial charge in [-0.1, -0.05) is 15.9 Å². The summed E-state index contributed by atoms with van der Waals surface area (Å²) < 4.78 is 6.65. The Morgan fingerprint density at radius 1 is 1.44 bits per heavy atom. The van der Waals surface area contributed by atoms with E-state index in [4.69, 9.17) is 4.42 Å². The fourth-order valence-electron chi connectivity index (χ4n) is 1.59. The molecule has 0 unspecified atom stereocenters. The summed E-state index contributed by atoms with van der Waals surface area (Å²) in [5.74, 6) is -0.376. The van der Waals surface area contributed by atoms with E-state index in [1.165, 1.54) is 0 Å².